The van der Waals surface area contributed by atoms with E-state index in [9.17, 15) is 19.1 Å². The van der Waals surface area contributed by atoms with Gasteiger partial charge >= 0.3 is 5.97 Å². The number of phenols is 1. The number of nitrogens with one attached hydrogen (secondary N) is 1. The van der Waals surface area contributed by atoms with Crippen LogP contribution in [0, 0.1) is 12.7 Å². The monoisotopic (exact) mass is 289 g/mol. The van der Waals surface area contributed by atoms with Crippen molar-refractivity contribution >= 4 is 17.6 Å². The molecule has 5 nitrogen and oxygen atoms in total. The predicted octanol–water partition coefficient (Wildman–Crippen LogP) is 2.79. The molecule has 0 aliphatic rings. The minimum Gasteiger partial charge on any atom is -0.507 e. The summed E-state index contributed by atoms with van der Waals surface area (Å²) in [6, 6.07) is 7.26. The summed E-state index contributed by atoms with van der Waals surface area (Å²) in [5.41, 5.74) is 0.710. The molecule has 0 radical (unpaired) electrons. The van der Waals surface area contributed by atoms with E-state index in [4.69, 9.17) is 5.11 Å². The zero-order valence-corrected chi connectivity index (χ0v) is 11.1. The van der Waals surface area contributed by atoms with Crippen LogP contribution in [0.25, 0.3) is 0 Å². The van der Waals surface area contributed by atoms with E-state index in [2.05, 4.69) is 5.32 Å². The number of anilines is 1. The molecule has 0 saturated carbocycles. The van der Waals surface area contributed by atoms with Crippen LogP contribution < -0.4 is 5.32 Å². The zero-order chi connectivity index (χ0) is 15.6. The van der Waals surface area contributed by atoms with Gasteiger partial charge in [0.2, 0.25) is 0 Å². The number of carboxylic acid groups (broad SMARTS) is 1. The molecule has 0 heterocycles. The number of aromatic hydroxyl groups is 1. The first-order chi connectivity index (χ1) is 9.88. The summed E-state index contributed by atoms with van der Waals surface area (Å²) in [7, 11) is 0. The predicted molar refractivity (Wildman–Crippen MR) is 74.2 cm³/mol. The molecule has 2 aromatic rings. The number of hydrogen-bond donors (Lipinski definition) is 3. The molecule has 6 heteroatoms. The van der Waals surface area contributed by atoms with Crippen molar-refractivity contribution in [1.82, 2.24) is 0 Å². The molecule has 0 atom stereocenters. The average molecular weight is 289 g/mol. The Morgan fingerprint density at radius 3 is 2.52 bits per heavy atom. The number of aromatic carboxylic acids is 1. The van der Waals surface area contributed by atoms with E-state index in [1.807, 2.05) is 0 Å². The Bertz CT molecular complexity index is 728. The highest BCUT2D eigenvalue weighted by Crippen LogP contribution is 2.22. The fraction of sp³-hybridized carbons (Fsp3) is 0.0667. The van der Waals surface area contributed by atoms with Gasteiger partial charge < -0.3 is 15.5 Å². The van der Waals surface area contributed by atoms with Crippen molar-refractivity contribution in [2.75, 3.05) is 5.32 Å². The van der Waals surface area contributed by atoms with E-state index >= 15 is 0 Å². The number of hydrogen-bond acceptors (Lipinski definition) is 3. The normalized spacial score (nSPS) is 10.2. The van der Waals surface area contributed by atoms with Gasteiger partial charge in [-0.05, 0) is 42.8 Å². The Hall–Kier alpha value is -2.89. The summed E-state index contributed by atoms with van der Waals surface area (Å²) in [5.74, 6) is -2.87. The topological polar surface area (TPSA) is 86.6 Å². The van der Waals surface area contributed by atoms with Gasteiger partial charge in [0.15, 0.2) is 0 Å². The molecule has 0 bridgehead atoms. The summed E-state index contributed by atoms with van der Waals surface area (Å²) < 4.78 is 13.1. The highest BCUT2D eigenvalue weighted by Gasteiger charge is 2.14. The second-order valence-electron chi connectivity index (χ2n) is 4.45. The van der Waals surface area contributed by atoms with Gasteiger partial charge in [-0.25, -0.2) is 9.18 Å². The lowest BCUT2D eigenvalue weighted by Gasteiger charge is -2.10. The Kier molecular flexibility index (Phi) is 3.89. The standard InChI is InChI=1S/C15H12FNO4/c1-8-2-3-9(15(20)21)6-12(8)17-14(19)11-7-10(16)4-5-13(11)18/h2-7,18H,1H3,(H,17,19)(H,20,21). The number of amides is 1. The molecule has 2 aromatic carbocycles. The SMILES string of the molecule is Cc1ccc(C(=O)O)cc1NC(=O)c1cc(F)ccc1O. The van der Waals surface area contributed by atoms with Gasteiger partial charge in [0.25, 0.3) is 5.91 Å². The van der Waals surface area contributed by atoms with E-state index in [1.54, 1.807) is 13.0 Å². The van der Waals surface area contributed by atoms with Crippen LogP contribution in [0.2, 0.25) is 0 Å². The number of benzene rings is 2. The number of carboxylic acids is 1. The smallest absolute Gasteiger partial charge is 0.335 e. The summed E-state index contributed by atoms with van der Waals surface area (Å²) in [6.07, 6.45) is 0. The van der Waals surface area contributed by atoms with Crippen molar-refractivity contribution in [3.63, 3.8) is 0 Å². The molecule has 3 N–H and O–H groups in total. The molecular formula is C15H12FNO4. The molecule has 108 valence electrons. The van der Waals surface area contributed by atoms with E-state index in [-0.39, 0.29) is 22.6 Å². The minimum absolute atomic E-state index is 0.0133. The first-order valence-corrected chi connectivity index (χ1v) is 6.02. The Morgan fingerprint density at radius 2 is 1.86 bits per heavy atom. The summed E-state index contributed by atoms with van der Waals surface area (Å²) in [5, 5.41) is 21.0. The summed E-state index contributed by atoms with van der Waals surface area (Å²) in [4.78, 5) is 23.0. The highest BCUT2D eigenvalue weighted by molar-refractivity contribution is 6.07. The molecule has 2 rings (SSSR count). The van der Waals surface area contributed by atoms with Crippen LogP contribution in [0.3, 0.4) is 0 Å². The number of rotatable bonds is 3. The van der Waals surface area contributed by atoms with Crippen LogP contribution in [0.15, 0.2) is 36.4 Å². The number of carbonyl (C=O) groups excluding carboxylic acids is 1. The molecule has 0 aliphatic carbocycles. The lowest BCUT2D eigenvalue weighted by molar-refractivity contribution is 0.0696. The molecule has 21 heavy (non-hydrogen) atoms. The van der Waals surface area contributed by atoms with Gasteiger partial charge in [-0.2, -0.15) is 0 Å². The Balaban J connectivity index is 2.33. The molecule has 0 saturated heterocycles. The molecule has 0 fully saturated rings. The molecule has 0 unspecified atom stereocenters. The van der Waals surface area contributed by atoms with Crippen LogP contribution in [-0.4, -0.2) is 22.1 Å². The number of phenolic OH excluding ortho intramolecular Hbond substituents is 1. The lowest BCUT2D eigenvalue weighted by Crippen LogP contribution is -2.14. The van der Waals surface area contributed by atoms with Crippen LogP contribution >= 0.6 is 0 Å². The quantitative estimate of drug-likeness (QED) is 0.811. The maximum absolute atomic E-state index is 13.1. The molecule has 0 spiro atoms. The molecule has 0 aliphatic heterocycles. The van der Waals surface area contributed by atoms with Crippen LogP contribution in [0.5, 0.6) is 5.75 Å². The fourth-order valence-electron chi connectivity index (χ4n) is 1.77. The van der Waals surface area contributed by atoms with Crippen molar-refractivity contribution in [3.8, 4) is 5.75 Å². The maximum Gasteiger partial charge on any atom is 0.335 e. The second-order valence-corrected chi connectivity index (χ2v) is 4.45. The van der Waals surface area contributed by atoms with Gasteiger partial charge in [-0.3, -0.25) is 4.79 Å². The van der Waals surface area contributed by atoms with Crippen LogP contribution in [0.1, 0.15) is 26.3 Å². The van der Waals surface area contributed by atoms with Crippen LogP contribution in [-0.2, 0) is 0 Å². The molecule has 0 aromatic heterocycles. The average Bonchev–Trinajstić information content (AvgIpc) is 2.43. The largest absolute Gasteiger partial charge is 0.507 e. The third kappa shape index (κ3) is 3.17. The van der Waals surface area contributed by atoms with E-state index in [0.29, 0.717) is 5.56 Å². The molecule has 1 amide bonds. The van der Waals surface area contributed by atoms with Gasteiger partial charge in [0.1, 0.15) is 11.6 Å². The summed E-state index contributed by atoms with van der Waals surface area (Å²) in [6.45, 7) is 1.69. The molecular weight excluding hydrogens is 277 g/mol. The minimum atomic E-state index is -1.13. The number of carbonyl (C=O) groups is 2. The number of halogens is 1. The maximum atomic E-state index is 13.1. The zero-order valence-electron chi connectivity index (χ0n) is 11.1. The second kappa shape index (κ2) is 5.62. The van der Waals surface area contributed by atoms with Gasteiger partial charge in [-0.1, -0.05) is 6.07 Å². The highest BCUT2D eigenvalue weighted by atomic mass is 19.1. The van der Waals surface area contributed by atoms with E-state index in [1.165, 1.54) is 12.1 Å². The van der Waals surface area contributed by atoms with Crippen molar-refractivity contribution in [2.24, 2.45) is 0 Å². The van der Waals surface area contributed by atoms with Gasteiger partial charge in [0, 0.05) is 5.69 Å². The van der Waals surface area contributed by atoms with Crippen molar-refractivity contribution in [1.29, 1.82) is 0 Å². The fourth-order valence-corrected chi connectivity index (χ4v) is 1.77. The van der Waals surface area contributed by atoms with E-state index in [0.717, 1.165) is 18.2 Å². The van der Waals surface area contributed by atoms with Gasteiger partial charge in [-0.15, -0.1) is 0 Å². The Labute approximate surface area is 119 Å². The summed E-state index contributed by atoms with van der Waals surface area (Å²) >= 11 is 0. The first kappa shape index (κ1) is 14.5. The van der Waals surface area contributed by atoms with Crippen molar-refractivity contribution in [3.05, 3.63) is 58.9 Å². The van der Waals surface area contributed by atoms with E-state index < -0.39 is 17.7 Å². The third-order valence-electron chi connectivity index (χ3n) is 2.94. The van der Waals surface area contributed by atoms with Gasteiger partial charge in [0.05, 0.1) is 11.1 Å². The van der Waals surface area contributed by atoms with Crippen molar-refractivity contribution in [2.45, 2.75) is 6.92 Å². The first-order valence-electron chi connectivity index (χ1n) is 6.02. The lowest BCUT2D eigenvalue weighted by atomic mass is 10.1. The van der Waals surface area contributed by atoms with Crippen molar-refractivity contribution < 1.29 is 24.2 Å². The number of aryl methyl sites for hydroxylation is 1. The third-order valence-corrected chi connectivity index (χ3v) is 2.94. The Morgan fingerprint density at radius 1 is 1.14 bits per heavy atom. The van der Waals surface area contributed by atoms with Crippen LogP contribution in [0.4, 0.5) is 10.1 Å².